The molecule has 282 valence electrons. The zero-order valence-corrected chi connectivity index (χ0v) is 32.4. The molecule has 0 amide bonds. The van der Waals surface area contributed by atoms with Crippen LogP contribution in [0.15, 0.2) is 25.8 Å². The van der Waals surface area contributed by atoms with Crippen LogP contribution in [0.1, 0.15) is 110 Å². The second-order valence-corrected chi connectivity index (χ2v) is 17.0. The van der Waals surface area contributed by atoms with Gasteiger partial charge in [0, 0.05) is 11.4 Å². The van der Waals surface area contributed by atoms with Crippen molar-refractivity contribution in [2.24, 2.45) is 17.8 Å². The summed E-state index contributed by atoms with van der Waals surface area (Å²) < 4.78 is 22.8. The molecular formula is C38H47ClN2O9S2. The molecule has 1 aromatic carbocycles. The van der Waals surface area contributed by atoms with Crippen LogP contribution in [0.2, 0.25) is 0 Å². The van der Waals surface area contributed by atoms with E-state index >= 15 is 0 Å². The topological polar surface area (TPSA) is 154 Å². The summed E-state index contributed by atoms with van der Waals surface area (Å²) in [4.78, 5) is 54.6. The van der Waals surface area contributed by atoms with Gasteiger partial charge in [-0.1, -0.05) is 44.3 Å². The number of thioether (sulfide) groups is 2. The van der Waals surface area contributed by atoms with Gasteiger partial charge in [-0.2, -0.15) is 0 Å². The van der Waals surface area contributed by atoms with Gasteiger partial charge in [-0.3, -0.25) is 19.2 Å². The zero-order valence-electron chi connectivity index (χ0n) is 30.0. The van der Waals surface area contributed by atoms with Gasteiger partial charge in [-0.15, -0.1) is 11.6 Å². The summed E-state index contributed by atoms with van der Waals surface area (Å²) in [6.45, 7) is 13.9. The van der Waals surface area contributed by atoms with E-state index in [0.717, 1.165) is 49.2 Å². The third-order valence-corrected chi connectivity index (χ3v) is 12.3. The molecule has 0 bridgehead atoms. The molecule has 2 aliphatic carbocycles. The number of fused-ring (bicyclic) bond motifs is 1. The number of phenols is 1. The number of ether oxygens (including phenoxy) is 4. The van der Waals surface area contributed by atoms with E-state index in [1.165, 1.54) is 0 Å². The lowest BCUT2D eigenvalue weighted by Gasteiger charge is -2.30. The van der Waals surface area contributed by atoms with Gasteiger partial charge in [-0.05, 0) is 88.5 Å². The molecular weight excluding hydrogens is 728 g/mol. The maximum Gasteiger partial charge on any atom is 0.314 e. The Bertz CT molecular complexity index is 1580. The van der Waals surface area contributed by atoms with Crippen LogP contribution in [-0.2, 0) is 38.8 Å². The Morgan fingerprint density at radius 1 is 0.885 bits per heavy atom. The lowest BCUT2D eigenvalue weighted by Crippen LogP contribution is -2.33. The molecule has 3 aliphatic rings. The molecule has 0 atom stereocenters. The number of unbranched alkanes of at least 4 members (excludes halogenated alkanes) is 3. The minimum Gasteiger partial charge on any atom is -0.506 e. The number of esters is 4. The lowest BCUT2D eigenvalue weighted by atomic mass is 9.82. The van der Waals surface area contributed by atoms with Gasteiger partial charge in [0.25, 0.3) is 5.70 Å². The number of carbonyl (C=O) groups is 4. The van der Waals surface area contributed by atoms with Crippen LogP contribution in [-0.4, -0.2) is 54.2 Å². The van der Waals surface area contributed by atoms with Crippen molar-refractivity contribution in [3.63, 3.8) is 0 Å². The van der Waals surface area contributed by atoms with Crippen molar-refractivity contribution >= 4 is 59.0 Å². The first kappa shape index (κ1) is 41.4. The van der Waals surface area contributed by atoms with Crippen LogP contribution in [0.4, 0.5) is 0 Å². The molecule has 14 heteroatoms. The van der Waals surface area contributed by atoms with Gasteiger partial charge >= 0.3 is 23.9 Å². The predicted molar refractivity (Wildman–Crippen MR) is 196 cm³/mol. The summed E-state index contributed by atoms with van der Waals surface area (Å²) in [7, 11) is 0. The molecule has 1 N–H and O–H groups in total. The molecule has 0 saturated heterocycles. The standard InChI is InChI=1S/C38H47ClN2O9S2/c1-38(2,3)27-21-29(32-33(31(27)43)52-37(51-32)28(22-40)41-4)50-36(46)25-13-15-26(16-14-25)49-35(45)24-11-9-23(10-12-24)34(44)48-20-8-6-5-7-19-47-30(42)17-18-39/h21,23-26,43H,5-20H2,1-3H3/b37-28+. The van der Waals surface area contributed by atoms with Gasteiger partial charge < -0.3 is 24.1 Å². The van der Waals surface area contributed by atoms with Gasteiger partial charge in [-0.25, -0.2) is 10.1 Å². The Hall–Kier alpha value is -3.39. The number of allylic oxidation sites excluding steroid dienone is 1. The van der Waals surface area contributed by atoms with E-state index in [-0.39, 0.29) is 59.6 Å². The first-order valence-corrected chi connectivity index (χ1v) is 20.1. The molecule has 0 aromatic heterocycles. The summed E-state index contributed by atoms with van der Waals surface area (Å²) in [6.07, 6.45) is 7.49. The fourth-order valence-electron chi connectivity index (χ4n) is 6.48. The fourth-order valence-corrected chi connectivity index (χ4v) is 9.09. The van der Waals surface area contributed by atoms with E-state index in [4.69, 9.17) is 37.1 Å². The van der Waals surface area contributed by atoms with Crippen LogP contribution in [0.25, 0.3) is 4.85 Å². The molecule has 4 rings (SSSR count). The van der Waals surface area contributed by atoms with Crippen LogP contribution in [0.3, 0.4) is 0 Å². The fraction of sp³-hybridized carbons (Fsp3) is 0.632. The second-order valence-electron chi connectivity index (χ2n) is 14.4. The zero-order chi connectivity index (χ0) is 37.8. The van der Waals surface area contributed by atoms with Crippen LogP contribution >= 0.6 is 35.1 Å². The Balaban J connectivity index is 1.18. The summed E-state index contributed by atoms with van der Waals surface area (Å²) in [6, 6.07) is 3.57. The molecule has 11 nitrogen and oxygen atoms in total. The van der Waals surface area contributed by atoms with E-state index in [1.54, 1.807) is 6.07 Å². The Labute approximate surface area is 319 Å². The van der Waals surface area contributed by atoms with Gasteiger partial charge in [0.05, 0.1) is 64.1 Å². The summed E-state index contributed by atoms with van der Waals surface area (Å²) >= 11 is 7.79. The van der Waals surface area contributed by atoms with Crippen molar-refractivity contribution in [3.8, 4) is 17.6 Å². The molecule has 52 heavy (non-hydrogen) atoms. The highest BCUT2D eigenvalue weighted by atomic mass is 35.5. The third-order valence-electron chi connectivity index (χ3n) is 9.52. The number of benzene rings is 1. The van der Waals surface area contributed by atoms with Crippen LogP contribution in [0, 0.1) is 35.7 Å². The first-order chi connectivity index (χ1) is 24.9. The quantitative estimate of drug-likeness (QED) is 0.0366. The molecule has 0 unspecified atom stereocenters. The molecule has 1 aliphatic heterocycles. The van der Waals surface area contributed by atoms with E-state index in [1.807, 2.05) is 26.8 Å². The summed E-state index contributed by atoms with van der Waals surface area (Å²) in [5.41, 5.74) is 0.0435. The summed E-state index contributed by atoms with van der Waals surface area (Å²) in [5.74, 6) is -1.45. The van der Waals surface area contributed by atoms with E-state index < -0.39 is 17.3 Å². The number of nitrogens with zero attached hydrogens (tertiary/aromatic N) is 2. The van der Waals surface area contributed by atoms with Crippen molar-refractivity contribution < 1.29 is 43.2 Å². The maximum absolute atomic E-state index is 13.4. The maximum atomic E-state index is 13.4. The molecule has 0 spiro atoms. The highest BCUT2D eigenvalue weighted by Gasteiger charge is 2.37. The number of halogens is 1. The number of nitriles is 1. The van der Waals surface area contributed by atoms with Gasteiger partial charge in [0.1, 0.15) is 17.6 Å². The highest BCUT2D eigenvalue weighted by molar-refractivity contribution is 8.24. The number of rotatable bonds is 14. The van der Waals surface area contributed by atoms with Gasteiger partial charge in [0.2, 0.25) is 0 Å². The highest BCUT2D eigenvalue weighted by Crippen LogP contribution is 2.60. The van der Waals surface area contributed by atoms with Gasteiger partial charge in [0.15, 0.2) is 0 Å². The Morgan fingerprint density at radius 3 is 2.02 bits per heavy atom. The summed E-state index contributed by atoms with van der Waals surface area (Å²) in [5, 5.41) is 20.5. The van der Waals surface area contributed by atoms with Crippen molar-refractivity contribution in [1.29, 1.82) is 5.26 Å². The number of carbonyl (C=O) groups excluding carboxylic acids is 4. The smallest absolute Gasteiger partial charge is 0.314 e. The van der Waals surface area contributed by atoms with Crippen molar-refractivity contribution in [3.05, 3.63) is 33.0 Å². The number of phenolic OH excluding ortho intramolecular Hbond substituents is 1. The third kappa shape index (κ3) is 11.3. The Morgan fingerprint density at radius 2 is 1.44 bits per heavy atom. The number of hydrogen-bond donors (Lipinski definition) is 1. The Kier molecular flexibility index (Phi) is 15.6. The second kappa shape index (κ2) is 19.6. The van der Waals surface area contributed by atoms with Crippen molar-refractivity contribution in [2.45, 2.75) is 126 Å². The van der Waals surface area contributed by atoms with E-state index in [2.05, 4.69) is 4.85 Å². The SMILES string of the molecule is [C-]#[N+]/C(C#N)=C1\Sc2c(OC(=O)C3CCC(OC(=O)C4CCC(C(=O)OCCCCCCOC(=O)CCCl)CC4)CC3)cc(C(C)(C)C)c(O)c2S1. The average molecular weight is 775 g/mol. The molecule has 2 saturated carbocycles. The van der Waals surface area contributed by atoms with E-state index in [0.29, 0.717) is 89.9 Å². The molecule has 1 aromatic rings. The lowest BCUT2D eigenvalue weighted by molar-refractivity contribution is -0.160. The first-order valence-electron chi connectivity index (χ1n) is 17.9. The normalized spacial score (nSPS) is 22.3. The van der Waals surface area contributed by atoms with Crippen molar-refractivity contribution in [1.82, 2.24) is 0 Å². The van der Waals surface area contributed by atoms with Crippen LogP contribution in [0.5, 0.6) is 11.5 Å². The number of alkyl halides is 1. The number of hydrogen-bond acceptors (Lipinski definition) is 12. The number of aromatic hydroxyl groups is 1. The molecule has 0 radical (unpaired) electrons. The molecule has 2 fully saturated rings. The van der Waals surface area contributed by atoms with Crippen LogP contribution < -0.4 is 4.74 Å². The molecule has 1 heterocycles. The minimum absolute atomic E-state index is 0.0489. The average Bonchev–Trinajstić information content (AvgIpc) is 3.57. The minimum atomic E-state index is -0.466. The monoisotopic (exact) mass is 774 g/mol. The predicted octanol–water partition coefficient (Wildman–Crippen LogP) is 8.59. The van der Waals surface area contributed by atoms with E-state index in [9.17, 15) is 29.5 Å². The van der Waals surface area contributed by atoms with Crippen molar-refractivity contribution in [2.75, 3.05) is 19.1 Å². The largest absolute Gasteiger partial charge is 0.506 e.